The fraction of sp³-hybridized carbons (Fsp3) is 0.786. The number of aliphatic hydroxyl groups is 2. The van der Waals surface area contributed by atoms with Gasteiger partial charge in [-0.05, 0) is 13.3 Å². The maximum Gasteiger partial charge on any atom is 0.330 e. The normalized spacial score (nSPS) is 10.9. The molecule has 0 fully saturated rings. The van der Waals surface area contributed by atoms with Crippen LogP contribution >= 0.6 is 0 Å². The molecule has 0 bridgehead atoms. The summed E-state index contributed by atoms with van der Waals surface area (Å²) in [5.74, 6) is -0.809. The molecule has 0 rings (SSSR count). The Bertz CT molecular complexity index is 232. The van der Waals surface area contributed by atoms with Crippen LogP contribution in [0.1, 0.15) is 33.1 Å². The molecule has 0 spiro atoms. The molecule has 0 heterocycles. The lowest BCUT2D eigenvalue weighted by Crippen LogP contribution is -2.09. The van der Waals surface area contributed by atoms with E-state index in [-0.39, 0.29) is 13.2 Å². The number of hydrogen-bond donors (Lipinski definition) is 3. The van der Waals surface area contributed by atoms with Gasteiger partial charge in [0.1, 0.15) is 0 Å². The number of unbranched alkanes of at least 4 members (excludes halogenated alkanes) is 2. The van der Waals surface area contributed by atoms with Gasteiger partial charge in [0.25, 0.3) is 0 Å². The highest BCUT2D eigenvalue weighted by molar-refractivity contribution is 5.85. The molecule has 0 saturated heterocycles. The first-order chi connectivity index (χ1) is 9.59. The van der Waals surface area contributed by atoms with Crippen LogP contribution < -0.4 is 0 Å². The van der Waals surface area contributed by atoms with Crippen LogP contribution in [0.2, 0.25) is 0 Å². The minimum Gasteiger partial charge on any atom is -0.478 e. The van der Waals surface area contributed by atoms with E-state index in [1.165, 1.54) is 0 Å². The minimum absolute atomic E-state index is 0.0417. The van der Waals surface area contributed by atoms with Crippen molar-refractivity contribution >= 4 is 5.97 Å². The van der Waals surface area contributed by atoms with Gasteiger partial charge in [-0.3, -0.25) is 0 Å². The van der Waals surface area contributed by atoms with Crippen molar-refractivity contribution in [3.8, 4) is 0 Å². The molecule has 0 aromatic heterocycles. The van der Waals surface area contributed by atoms with Gasteiger partial charge >= 0.3 is 5.97 Å². The van der Waals surface area contributed by atoms with E-state index in [1.54, 1.807) is 13.0 Å². The largest absolute Gasteiger partial charge is 0.478 e. The molecule has 0 saturated carbocycles. The SMILES string of the molecule is CCCCC=C(C)C(=O)O.OCCOCCOCCO. The summed E-state index contributed by atoms with van der Waals surface area (Å²) < 4.78 is 9.75. The van der Waals surface area contributed by atoms with Gasteiger partial charge in [0.15, 0.2) is 0 Å². The lowest BCUT2D eigenvalue weighted by molar-refractivity contribution is -0.132. The van der Waals surface area contributed by atoms with Crippen molar-refractivity contribution < 1.29 is 29.6 Å². The molecule has 20 heavy (non-hydrogen) atoms. The van der Waals surface area contributed by atoms with E-state index < -0.39 is 5.97 Å². The smallest absolute Gasteiger partial charge is 0.330 e. The molecule has 0 aliphatic heterocycles. The van der Waals surface area contributed by atoms with Crippen molar-refractivity contribution in [2.45, 2.75) is 33.1 Å². The van der Waals surface area contributed by atoms with Crippen molar-refractivity contribution in [2.75, 3.05) is 39.6 Å². The molecular formula is C14H28O6. The third-order valence-corrected chi connectivity index (χ3v) is 2.19. The van der Waals surface area contributed by atoms with E-state index in [2.05, 4.69) is 6.92 Å². The van der Waals surface area contributed by atoms with Gasteiger partial charge in [0, 0.05) is 5.57 Å². The summed E-state index contributed by atoms with van der Waals surface area (Å²) >= 11 is 0. The second kappa shape index (κ2) is 18.0. The summed E-state index contributed by atoms with van der Waals surface area (Å²) in [5.41, 5.74) is 0.452. The standard InChI is InChI=1S/C8H14O2.C6H14O4/c1-3-4-5-6-7(2)8(9)10;7-1-3-9-5-6-10-4-2-8/h6H,3-5H2,1-2H3,(H,9,10);7-8H,1-6H2. The lowest BCUT2D eigenvalue weighted by atomic mass is 10.2. The van der Waals surface area contributed by atoms with Gasteiger partial charge in [-0.15, -0.1) is 0 Å². The van der Waals surface area contributed by atoms with Crippen LogP contribution in [0.15, 0.2) is 11.6 Å². The van der Waals surface area contributed by atoms with E-state index in [9.17, 15) is 4.79 Å². The Morgan fingerprint density at radius 1 is 1.05 bits per heavy atom. The maximum absolute atomic E-state index is 10.2. The van der Waals surface area contributed by atoms with E-state index in [1.807, 2.05) is 0 Å². The molecule has 6 heteroatoms. The zero-order chi connectivity index (χ0) is 15.6. The van der Waals surface area contributed by atoms with Crippen LogP contribution in [-0.2, 0) is 14.3 Å². The van der Waals surface area contributed by atoms with Gasteiger partial charge in [0.05, 0.1) is 39.6 Å². The van der Waals surface area contributed by atoms with Crippen molar-refractivity contribution in [1.29, 1.82) is 0 Å². The number of carboxylic acids is 1. The molecule has 0 aliphatic rings. The van der Waals surface area contributed by atoms with Gasteiger partial charge in [-0.2, -0.15) is 0 Å². The number of hydrogen-bond acceptors (Lipinski definition) is 5. The van der Waals surface area contributed by atoms with Gasteiger partial charge < -0.3 is 24.8 Å². The fourth-order valence-electron chi connectivity index (χ4n) is 1.06. The fourth-order valence-corrected chi connectivity index (χ4v) is 1.06. The van der Waals surface area contributed by atoms with Crippen LogP contribution in [0.25, 0.3) is 0 Å². The molecule has 3 N–H and O–H groups in total. The Morgan fingerprint density at radius 3 is 1.90 bits per heavy atom. The summed E-state index contributed by atoms with van der Waals surface area (Å²) in [6.45, 7) is 5.44. The second-order valence-corrected chi connectivity index (χ2v) is 4.01. The first kappa shape index (κ1) is 21.4. The topological polar surface area (TPSA) is 96.2 Å². The number of aliphatic hydroxyl groups excluding tert-OH is 2. The van der Waals surface area contributed by atoms with Crippen LogP contribution in [-0.4, -0.2) is 60.9 Å². The Balaban J connectivity index is 0. The van der Waals surface area contributed by atoms with E-state index in [0.29, 0.717) is 32.0 Å². The predicted octanol–water partition coefficient (Wildman–Crippen LogP) is 1.21. The third-order valence-electron chi connectivity index (χ3n) is 2.19. The molecule has 0 aromatic rings. The highest BCUT2D eigenvalue weighted by Gasteiger charge is 1.96. The monoisotopic (exact) mass is 292 g/mol. The lowest BCUT2D eigenvalue weighted by Gasteiger charge is -2.01. The number of aliphatic carboxylic acids is 1. The van der Waals surface area contributed by atoms with Crippen LogP contribution in [0, 0.1) is 0 Å². The molecule has 120 valence electrons. The Labute approximate surface area is 121 Å². The average molecular weight is 292 g/mol. The first-order valence-corrected chi connectivity index (χ1v) is 6.87. The van der Waals surface area contributed by atoms with E-state index in [0.717, 1.165) is 19.3 Å². The summed E-state index contributed by atoms with van der Waals surface area (Å²) in [6, 6.07) is 0. The van der Waals surface area contributed by atoms with Crippen LogP contribution in [0.3, 0.4) is 0 Å². The molecular weight excluding hydrogens is 264 g/mol. The minimum atomic E-state index is -0.809. The number of carbonyl (C=O) groups is 1. The van der Waals surface area contributed by atoms with E-state index in [4.69, 9.17) is 24.8 Å². The molecule has 0 aliphatic carbocycles. The number of carboxylic acid groups (broad SMARTS) is 1. The van der Waals surface area contributed by atoms with Gasteiger partial charge in [0.2, 0.25) is 0 Å². The summed E-state index contributed by atoms with van der Waals surface area (Å²) in [4.78, 5) is 10.2. The molecule has 6 nitrogen and oxygen atoms in total. The van der Waals surface area contributed by atoms with Crippen molar-refractivity contribution in [3.63, 3.8) is 0 Å². The summed E-state index contributed by atoms with van der Waals surface area (Å²) in [5, 5.41) is 24.9. The first-order valence-electron chi connectivity index (χ1n) is 6.87. The van der Waals surface area contributed by atoms with E-state index >= 15 is 0 Å². The molecule has 0 aromatic carbocycles. The quantitative estimate of drug-likeness (QED) is 0.391. The van der Waals surface area contributed by atoms with Crippen LogP contribution in [0.5, 0.6) is 0 Å². The molecule has 0 radical (unpaired) electrons. The summed E-state index contributed by atoms with van der Waals surface area (Å²) in [6.07, 6.45) is 4.84. The Hall–Kier alpha value is -0.950. The van der Waals surface area contributed by atoms with Gasteiger partial charge in [-0.1, -0.05) is 25.8 Å². The van der Waals surface area contributed by atoms with Crippen LogP contribution in [0.4, 0.5) is 0 Å². The Morgan fingerprint density at radius 2 is 1.55 bits per heavy atom. The maximum atomic E-state index is 10.2. The highest BCUT2D eigenvalue weighted by atomic mass is 16.5. The van der Waals surface area contributed by atoms with Gasteiger partial charge in [-0.25, -0.2) is 4.79 Å². The predicted molar refractivity (Wildman–Crippen MR) is 76.7 cm³/mol. The summed E-state index contributed by atoms with van der Waals surface area (Å²) in [7, 11) is 0. The van der Waals surface area contributed by atoms with Crippen molar-refractivity contribution in [3.05, 3.63) is 11.6 Å². The molecule has 0 unspecified atom stereocenters. The zero-order valence-electron chi connectivity index (χ0n) is 12.5. The zero-order valence-corrected chi connectivity index (χ0v) is 12.5. The molecule has 0 atom stereocenters. The molecule has 0 amide bonds. The highest BCUT2D eigenvalue weighted by Crippen LogP contribution is 2.00. The number of allylic oxidation sites excluding steroid dienone is 1. The average Bonchev–Trinajstić information content (AvgIpc) is 2.43. The van der Waals surface area contributed by atoms with Crippen molar-refractivity contribution in [1.82, 2.24) is 0 Å². The number of rotatable bonds is 11. The second-order valence-electron chi connectivity index (χ2n) is 4.01. The third kappa shape index (κ3) is 19.4. The number of ether oxygens (including phenoxy) is 2. The van der Waals surface area contributed by atoms with Crippen molar-refractivity contribution in [2.24, 2.45) is 0 Å². The Kier molecular flexibility index (Phi) is 19.3.